The van der Waals surface area contributed by atoms with Crippen LogP contribution in [0.15, 0.2) is 23.2 Å². The third-order valence-corrected chi connectivity index (χ3v) is 5.54. The highest BCUT2D eigenvalue weighted by atomic mass is 35.5. The van der Waals surface area contributed by atoms with Crippen molar-refractivity contribution in [3.8, 4) is 0 Å². The number of hydrogen-bond donors (Lipinski definition) is 1. The molecule has 1 aromatic heterocycles. The molecule has 2 heterocycles. The van der Waals surface area contributed by atoms with E-state index >= 15 is 0 Å². The second-order valence-corrected chi connectivity index (χ2v) is 9.09. The molecule has 0 unspecified atom stereocenters. The number of fused-ring (bicyclic) bond motifs is 1. The average molecular weight is 395 g/mol. The number of thiazole rings is 1. The molecule has 142 valence electrons. The van der Waals surface area contributed by atoms with Gasteiger partial charge in [0.15, 0.2) is 5.96 Å². The molecule has 0 aliphatic carbocycles. The highest BCUT2D eigenvalue weighted by molar-refractivity contribution is 7.18. The summed E-state index contributed by atoms with van der Waals surface area (Å²) in [5, 5.41) is 5.20. The fraction of sp³-hybridized carbons (Fsp3) is 0.579. The maximum atomic E-state index is 6.11. The summed E-state index contributed by atoms with van der Waals surface area (Å²) in [6.07, 6.45) is 2.38. The van der Waals surface area contributed by atoms with E-state index in [1.165, 1.54) is 0 Å². The van der Waals surface area contributed by atoms with Gasteiger partial charge in [-0.05, 0) is 51.8 Å². The number of nitrogens with one attached hydrogen (secondary N) is 1. The van der Waals surface area contributed by atoms with Crippen molar-refractivity contribution in [2.75, 3.05) is 20.1 Å². The van der Waals surface area contributed by atoms with Crippen molar-refractivity contribution in [1.29, 1.82) is 0 Å². The largest absolute Gasteiger partial charge is 0.372 e. The fourth-order valence-electron chi connectivity index (χ4n) is 3.20. The molecule has 0 radical (unpaired) electrons. The lowest BCUT2D eigenvalue weighted by Crippen LogP contribution is -2.47. The van der Waals surface area contributed by atoms with Crippen molar-refractivity contribution in [1.82, 2.24) is 15.2 Å². The molecule has 26 heavy (non-hydrogen) atoms. The monoisotopic (exact) mass is 394 g/mol. The van der Waals surface area contributed by atoms with Gasteiger partial charge in [0.1, 0.15) is 5.01 Å². The number of hydrogen-bond acceptors (Lipinski definition) is 4. The first-order valence-electron chi connectivity index (χ1n) is 9.02. The molecule has 0 atom stereocenters. The predicted octanol–water partition coefficient (Wildman–Crippen LogP) is 4.30. The number of guanidine groups is 1. The maximum Gasteiger partial charge on any atom is 0.193 e. The van der Waals surface area contributed by atoms with E-state index in [-0.39, 0.29) is 5.60 Å². The Morgan fingerprint density at radius 1 is 1.38 bits per heavy atom. The number of benzene rings is 1. The van der Waals surface area contributed by atoms with Gasteiger partial charge in [-0.1, -0.05) is 11.6 Å². The van der Waals surface area contributed by atoms with Crippen LogP contribution in [0.25, 0.3) is 10.2 Å². The van der Waals surface area contributed by atoms with E-state index in [4.69, 9.17) is 16.3 Å². The van der Waals surface area contributed by atoms with Crippen LogP contribution in [0.1, 0.15) is 38.6 Å². The molecule has 1 aromatic carbocycles. The molecular formula is C19H27ClN4OS. The Morgan fingerprint density at radius 2 is 2.12 bits per heavy atom. The van der Waals surface area contributed by atoms with Gasteiger partial charge in [-0.3, -0.25) is 4.99 Å². The minimum atomic E-state index is -0.0808. The number of aliphatic imine (C=N–C) groups is 1. The summed E-state index contributed by atoms with van der Waals surface area (Å²) in [6.45, 7) is 8.93. The molecule has 2 aromatic rings. The van der Waals surface area contributed by atoms with Crippen molar-refractivity contribution in [3.63, 3.8) is 0 Å². The molecular weight excluding hydrogens is 368 g/mol. The van der Waals surface area contributed by atoms with Crippen molar-refractivity contribution in [2.24, 2.45) is 4.99 Å². The van der Waals surface area contributed by atoms with Crippen molar-refractivity contribution in [3.05, 3.63) is 28.2 Å². The Balaban J connectivity index is 1.55. The Hall–Kier alpha value is -1.37. The number of aromatic nitrogens is 1. The van der Waals surface area contributed by atoms with E-state index in [9.17, 15) is 0 Å². The second kappa shape index (κ2) is 8.11. The second-order valence-electron chi connectivity index (χ2n) is 7.54. The van der Waals surface area contributed by atoms with Crippen LogP contribution in [0, 0.1) is 0 Å². The van der Waals surface area contributed by atoms with Gasteiger partial charge in [0.2, 0.25) is 0 Å². The van der Waals surface area contributed by atoms with E-state index in [0.29, 0.717) is 12.6 Å². The van der Waals surface area contributed by atoms with E-state index in [0.717, 1.165) is 52.1 Å². The molecule has 1 aliphatic heterocycles. The van der Waals surface area contributed by atoms with Crippen LogP contribution in [0.2, 0.25) is 5.02 Å². The third-order valence-electron chi connectivity index (χ3n) is 4.27. The highest BCUT2D eigenvalue weighted by Crippen LogP contribution is 2.25. The molecule has 1 fully saturated rings. The molecule has 0 saturated carbocycles. The van der Waals surface area contributed by atoms with Crippen LogP contribution < -0.4 is 5.32 Å². The number of likely N-dealkylation sites (tertiary alicyclic amines) is 1. The van der Waals surface area contributed by atoms with Crippen LogP contribution in [0.4, 0.5) is 0 Å². The van der Waals surface area contributed by atoms with Gasteiger partial charge in [0, 0.05) is 25.2 Å². The zero-order valence-electron chi connectivity index (χ0n) is 15.9. The van der Waals surface area contributed by atoms with Crippen molar-refractivity contribution < 1.29 is 4.74 Å². The lowest BCUT2D eigenvalue weighted by atomic mass is 10.1. The van der Waals surface area contributed by atoms with Gasteiger partial charge in [-0.25, -0.2) is 4.98 Å². The molecule has 0 spiro atoms. The lowest BCUT2D eigenvalue weighted by Gasteiger charge is -2.36. The number of piperidine rings is 1. The van der Waals surface area contributed by atoms with Crippen LogP contribution in [-0.4, -0.2) is 47.7 Å². The summed E-state index contributed by atoms with van der Waals surface area (Å²) in [5.74, 6) is 0.927. The Bertz CT molecular complexity index is 775. The number of halogens is 1. The first-order chi connectivity index (χ1) is 12.3. The van der Waals surface area contributed by atoms with Crippen LogP contribution >= 0.6 is 22.9 Å². The Kier molecular flexibility index (Phi) is 6.05. The molecule has 5 nitrogen and oxygen atoms in total. The first kappa shape index (κ1) is 19.4. The predicted molar refractivity (Wildman–Crippen MR) is 110 cm³/mol. The topological polar surface area (TPSA) is 49.8 Å². The van der Waals surface area contributed by atoms with E-state index in [1.807, 2.05) is 25.2 Å². The van der Waals surface area contributed by atoms with Crippen LogP contribution in [-0.2, 0) is 11.3 Å². The van der Waals surface area contributed by atoms with Crippen molar-refractivity contribution >= 4 is 39.1 Å². The first-order valence-corrected chi connectivity index (χ1v) is 10.2. The van der Waals surface area contributed by atoms with E-state index in [1.54, 1.807) is 11.3 Å². The Morgan fingerprint density at radius 3 is 2.77 bits per heavy atom. The van der Waals surface area contributed by atoms with Gasteiger partial charge in [-0.2, -0.15) is 0 Å². The molecule has 1 aliphatic rings. The summed E-state index contributed by atoms with van der Waals surface area (Å²) in [7, 11) is 1.83. The van der Waals surface area contributed by atoms with Gasteiger partial charge in [-0.15, -0.1) is 11.3 Å². The summed E-state index contributed by atoms with van der Waals surface area (Å²) < 4.78 is 7.26. The Labute approximate surface area is 164 Å². The van der Waals surface area contributed by atoms with Crippen LogP contribution in [0.5, 0.6) is 0 Å². The average Bonchev–Trinajstić information content (AvgIpc) is 2.97. The van der Waals surface area contributed by atoms with Crippen molar-refractivity contribution in [2.45, 2.75) is 51.9 Å². The smallest absolute Gasteiger partial charge is 0.193 e. The summed E-state index contributed by atoms with van der Waals surface area (Å²) in [5.41, 5.74) is 0.872. The maximum absolute atomic E-state index is 6.11. The van der Waals surface area contributed by atoms with Gasteiger partial charge in [0.25, 0.3) is 0 Å². The van der Waals surface area contributed by atoms with E-state index < -0.39 is 0 Å². The quantitative estimate of drug-likeness (QED) is 0.622. The number of ether oxygens (including phenoxy) is 1. The highest BCUT2D eigenvalue weighted by Gasteiger charge is 2.25. The summed E-state index contributed by atoms with van der Waals surface area (Å²) in [6, 6.07) is 5.83. The molecule has 7 heteroatoms. The lowest BCUT2D eigenvalue weighted by molar-refractivity contribution is -0.0772. The standard InChI is InChI=1S/C19H27ClN4OS/c1-19(2,3)25-14-7-9-24(10-8-14)18(21-4)22-12-17-23-15-11-13(20)5-6-16(15)26-17/h5-6,11,14H,7-10,12H2,1-4H3,(H,21,22). The van der Waals surface area contributed by atoms with Gasteiger partial charge in [0.05, 0.1) is 28.5 Å². The fourth-order valence-corrected chi connectivity index (χ4v) is 4.25. The van der Waals surface area contributed by atoms with E-state index in [2.05, 4.69) is 41.0 Å². The minimum absolute atomic E-state index is 0.0808. The number of nitrogens with zero attached hydrogens (tertiary/aromatic N) is 3. The molecule has 0 amide bonds. The molecule has 0 bridgehead atoms. The zero-order valence-corrected chi connectivity index (χ0v) is 17.5. The normalized spacial score (nSPS) is 17.1. The molecule has 1 saturated heterocycles. The molecule has 1 N–H and O–H groups in total. The van der Waals surface area contributed by atoms with Crippen LogP contribution in [0.3, 0.4) is 0 Å². The van der Waals surface area contributed by atoms with Gasteiger partial charge < -0.3 is 15.0 Å². The molecule has 3 rings (SSSR count). The minimum Gasteiger partial charge on any atom is -0.372 e. The zero-order chi connectivity index (χ0) is 18.7. The number of rotatable bonds is 3. The summed E-state index contributed by atoms with van der Waals surface area (Å²) in [4.78, 5) is 11.4. The summed E-state index contributed by atoms with van der Waals surface area (Å²) >= 11 is 7.73. The third kappa shape index (κ3) is 5.09. The SMILES string of the molecule is CN=C(NCc1nc2cc(Cl)ccc2s1)N1CCC(OC(C)(C)C)CC1. The van der Waals surface area contributed by atoms with Gasteiger partial charge >= 0.3 is 0 Å².